The van der Waals surface area contributed by atoms with Crippen molar-refractivity contribution in [1.29, 1.82) is 0 Å². The molecule has 0 bridgehead atoms. The van der Waals surface area contributed by atoms with Crippen LogP contribution in [0.25, 0.3) is 5.65 Å². The van der Waals surface area contributed by atoms with E-state index in [1.165, 1.54) is 33.1 Å². The van der Waals surface area contributed by atoms with Gasteiger partial charge in [0, 0.05) is 24.8 Å². The third-order valence-electron chi connectivity index (χ3n) is 5.03. The number of aromatic nitrogens is 3. The van der Waals surface area contributed by atoms with Gasteiger partial charge in [0.25, 0.3) is 0 Å². The van der Waals surface area contributed by atoms with Gasteiger partial charge in [-0.05, 0) is 31.0 Å². The average molecular weight is 404 g/mol. The zero-order chi connectivity index (χ0) is 19.7. The van der Waals surface area contributed by atoms with E-state index >= 15 is 0 Å². The van der Waals surface area contributed by atoms with E-state index in [-0.39, 0.29) is 11.4 Å². The molecule has 1 fully saturated rings. The highest BCUT2D eigenvalue weighted by molar-refractivity contribution is 7.89. The molecule has 0 radical (unpaired) electrons. The Morgan fingerprint density at radius 1 is 1.00 bits per heavy atom. The molecule has 28 heavy (non-hydrogen) atoms. The summed E-state index contributed by atoms with van der Waals surface area (Å²) in [5.41, 5.74) is 0.146. The van der Waals surface area contributed by atoms with Crippen LogP contribution in [0.15, 0.2) is 52.3 Å². The Hall–Kier alpha value is -2.52. The summed E-state index contributed by atoms with van der Waals surface area (Å²) in [5, 5.41) is 4.19. The summed E-state index contributed by atoms with van der Waals surface area (Å²) in [5.74, 6) is -0.420. The van der Waals surface area contributed by atoms with Crippen molar-refractivity contribution < 1.29 is 12.8 Å². The van der Waals surface area contributed by atoms with Crippen molar-refractivity contribution in [1.82, 2.24) is 18.5 Å². The molecule has 9 heteroatoms. The molecule has 0 N–H and O–H groups in total. The van der Waals surface area contributed by atoms with Crippen LogP contribution in [0.1, 0.15) is 31.2 Å². The fourth-order valence-electron chi connectivity index (χ4n) is 3.47. The molecule has 0 atom stereocenters. The maximum absolute atomic E-state index is 13.9. The summed E-state index contributed by atoms with van der Waals surface area (Å²) in [4.78, 5) is 12.8. The van der Waals surface area contributed by atoms with Crippen LogP contribution in [-0.2, 0) is 16.6 Å². The minimum absolute atomic E-state index is 0.0264. The zero-order valence-electron chi connectivity index (χ0n) is 15.3. The number of hydrogen-bond donors (Lipinski definition) is 0. The molecule has 148 valence electrons. The van der Waals surface area contributed by atoms with Crippen molar-refractivity contribution in [2.45, 2.75) is 37.1 Å². The molecule has 1 saturated heterocycles. The summed E-state index contributed by atoms with van der Waals surface area (Å²) in [6.07, 6.45) is 5.02. The Morgan fingerprint density at radius 3 is 2.43 bits per heavy atom. The second-order valence-corrected chi connectivity index (χ2v) is 8.88. The third-order valence-corrected chi connectivity index (χ3v) is 6.91. The number of hydrogen-bond acceptors (Lipinski definition) is 4. The van der Waals surface area contributed by atoms with E-state index in [9.17, 15) is 17.6 Å². The number of pyridine rings is 1. The number of halogens is 1. The second-order valence-electron chi connectivity index (χ2n) is 6.94. The van der Waals surface area contributed by atoms with E-state index in [1.54, 1.807) is 18.2 Å². The molecule has 0 amide bonds. The van der Waals surface area contributed by atoms with Gasteiger partial charge in [-0.2, -0.15) is 4.31 Å². The fourth-order valence-corrected chi connectivity index (χ4v) is 4.99. The molecule has 3 heterocycles. The van der Waals surface area contributed by atoms with E-state index in [0.29, 0.717) is 24.3 Å². The molecule has 0 aliphatic carbocycles. The van der Waals surface area contributed by atoms with Crippen molar-refractivity contribution in [2.75, 3.05) is 13.1 Å². The van der Waals surface area contributed by atoms with Crippen LogP contribution < -0.4 is 5.69 Å². The molecule has 1 aromatic carbocycles. The Bertz CT molecular complexity index is 1160. The molecule has 0 saturated carbocycles. The summed E-state index contributed by atoms with van der Waals surface area (Å²) >= 11 is 0. The Balaban J connectivity index is 1.70. The highest BCUT2D eigenvalue weighted by atomic mass is 32.2. The van der Waals surface area contributed by atoms with E-state index < -0.39 is 21.5 Å². The van der Waals surface area contributed by atoms with Crippen LogP contribution in [0.4, 0.5) is 4.39 Å². The van der Waals surface area contributed by atoms with E-state index in [1.807, 2.05) is 0 Å². The van der Waals surface area contributed by atoms with Gasteiger partial charge in [0.1, 0.15) is 5.82 Å². The smallest absolute Gasteiger partial charge is 0.249 e. The molecule has 3 aromatic rings. The zero-order valence-corrected chi connectivity index (χ0v) is 16.1. The van der Waals surface area contributed by atoms with Gasteiger partial charge >= 0.3 is 5.69 Å². The molecule has 1 aliphatic heterocycles. The van der Waals surface area contributed by atoms with Crippen molar-refractivity contribution >= 4 is 15.7 Å². The first-order chi connectivity index (χ1) is 13.5. The van der Waals surface area contributed by atoms with Crippen molar-refractivity contribution in [3.63, 3.8) is 0 Å². The Kier molecular flexibility index (Phi) is 5.03. The van der Waals surface area contributed by atoms with Crippen LogP contribution >= 0.6 is 0 Å². The fraction of sp³-hybridized carbons (Fsp3) is 0.368. The third kappa shape index (κ3) is 3.47. The van der Waals surface area contributed by atoms with E-state index in [0.717, 1.165) is 30.4 Å². The summed E-state index contributed by atoms with van der Waals surface area (Å²) in [6, 6.07) is 9.14. The van der Waals surface area contributed by atoms with Crippen LogP contribution in [0.3, 0.4) is 0 Å². The lowest BCUT2D eigenvalue weighted by atomic mass is 10.2. The molecule has 2 aromatic heterocycles. The first-order valence-corrected chi connectivity index (χ1v) is 10.7. The highest BCUT2D eigenvalue weighted by Crippen LogP contribution is 2.20. The summed E-state index contributed by atoms with van der Waals surface area (Å²) in [6.45, 7) is 0.949. The van der Waals surface area contributed by atoms with Crippen molar-refractivity contribution in [2.24, 2.45) is 0 Å². The van der Waals surface area contributed by atoms with Gasteiger partial charge in [0.2, 0.25) is 10.0 Å². The summed E-state index contributed by atoms with van der Waals surface area (Å²) in [7, 11) is -3.67. The number of fused-ring (bicyclic) bond motifs is 1. The first kappa shape index (κ1) is 18.8. The number of rotatable bonds is 4. The molecule has 0 unspecified atom stereocenters. The monoisotopic (exact) mass is 404 g/mol. The molecular formula is C19H21FN4O3S. The SMILES string of the molecule is O=c1n(Cc2ccccc2F)nc2ccc(S(=O)(=O)N3CCCCCC3)cn12. The van der Waals surface area contributed by atoms with Crippen LogP contribution in [0.5, 0.6) is 0 Å². The topological polar surface area (TPSA) is 76.7 Å². The molecule has 0 spiro atoms. The minimum atomic E-state index is -3.67. The molecular weight excluding hydrogens is 383 g/mol. The molecule has 4 rings (SSSR count). The molecule has 7 nitrogen and oxygen atoms in total. The highest BCUT2D eigenvalue weighted by Gasteiger charge is 2.26. The quantitative estimate of drug-likeness (QED) is 0.668. The van der Waals surface area contributed by atoms with Crippen molar-refractivity contribution in [3.8, 4) is 0 Å². The van der Waals surface area contributed by atoms with Gasteiger partial charge in [-0.25, -0.2) is 26.7 Å². The minimum Gasteiger partial charge on any atom is -0.249 e. The Labute approximate surface area is 162 Å². The maximum atomic E-state index is 13.9. The normalized spacial score (nSPS) is 16.3. The van der Waals surface area contributed by atoms with Crippen LogP contribution in [-0.4, -0.2) is 40.0 Å². The van der Waals surface area contributed by atoms with Gasteiger partial charge in [-0.1, -0.05) is 31.0 Å². The van der Waals surface area contributed by atoms with Gasteiger partial charge in [-0.15, -0.1) is 5.10 Å². The largest absolute Gasteiger partial charge is 0.350 e. The van der Waals surface area contributed by atoms with E-state index in [4.69, 9.17) is 0 Å². The Morgan fingerprint density at radius 2 is 1.71 bits per heavy atom. The maximum Gasteiger partial charge on any atom is 0.350 e. The van der Waals surface area contributed by atoms with Crippen LogP contribution in [0, 0.1) is 5.82 Å². The average Bonchev–Trinajstić information content (AvgIpc) is 2.87. The predicted octanol–water partition coefficient (Wildman–Crippen LogP) is 2.25. The van der Waals surface area contributed by atoms with Gasteiger partial charge in [-0.3, -0.25) is 0 Å². The summed E-state index contributed by atoms with van der Waals surface area (Å²) < 4.78 is 43.6. The van der Waals surface area contributed by atoms with Gasteiger partial charge in [0.05, 0.1) is 11.4 Å². The standard InChI is InChI=1S/C19H21FN4O3S/c20-17-8-4-3-7-15(17)13-24-19(25)23-14-16(9-10-18(23)21-24)28(26,27)22-11-5-1-2-6-12-22/h3-4,7-10,14H,1-2,5-6,11-13H2. The van der Waals surface area contributed by atoms with Crippen LogP contribution in [0.2, 0.25) is 0 Å². The number of sulfonamides is 1. The second kappa shape index (κ2) is 7.48. The molecule has 1 aliphatic rings. The lowest BCUT2D eigenvalue weighted by molar-refractivity contribution is 0.423. The van der Waals surface area contributed by atoms with Gasteiger partial charge < -0.3 is 0 Å². The lowest BCUT2D eigenvalue weighted by Crippen LogP contribution is -2.32. The predicted molar refractivity (Wildman–Crippen MR) is 102 cm³/mol. The number of benzene rings is 1. The number of nitrogens with zero attached hydrogens (tertiary/aromatic N) is 4. The lowest BCUT2D eigenvalue weighted by Gasteiger charge is -2.19. The van der Waals surface area contributed by atoms with Crippen molar-refractivity contribution in [3.05, 3.63) is 64.5 Å². The van der Waals surface area contributed by atoms with E-state index in [2.05, 4.69) is 5.10 Å². The first-order valence-electron chi connectivity index (χ1n) is 9.29. The van der Waals surface area contributed by atoms with Gasteiger partial charge in [0.15, 0.2) is 5.65 Å².